The summed E-state index contributed by atoms with van der Waals surface area (Å²) in [6, 6.07) is 22.5. The molecule has 2 aliphatic heterocycles. The highest BCUT2D eigenvalue weighted by Crippen LogP contribution is 2.42. The Labute approximate surface area is 242 Å². The van der Waals surface area contributed by atoms with Crippen molar-refractivity contribution >= 4 is 35.3 Å². The second kappa shape index (κ2) is 13.0. The largest absolute Gasteiger partial charge is 0.416 e. The van der Waals surface area contributed by atoms with E-state index in [0.29, 0.717) is 28.6 Å². The summed E-state index contributed by atoms with van der Waals surface area (Å²) in [7, 11) is 0. The van der Waals surface area contributed by atoms with Crippen molar-refractivity contribution in [3.8, 4) is 0 Å². The molecule has 41 heavy (non-hydrogen) atoms. The molecule has 9 heteroatoms. The van der Waals surface area contributed by atoms with Gasteiger partial charge in [-0.1, -0.05) is 66.4 Å². The average Bonchev–Trinajstić information content (AvgIpc) is 2.96. The van der Waals surface area contributed by atoms with E-state index in [9.17, 15) is 22.8 Å². The lowest BCUT2D eigenvalue weighted by Crippen LogP contribution is -2.45. The van der Waals surface area contributed by atoms with Gasteiger partial charge in [0.2, 0.25) is 5.91 Å². The van der Waals surface area contributed by atoms with Crippen molar-refractivity contribution in [1.82, 2.24) is 10.2 Å². The van der Waals surface area contributed by atoms with Gasteiger partial charge in [-0.05, 0) is 79.7 Å². The summed E-state index contributed by atoms with van der Waals surface area (Å²) in [5.41, 5.74) is 1.75. The molecule has 0 aliphatic carbocycles. The first-order valence-electron chi connectivity index (χ1n) is 13.8. The fourth-order valence-electron chi connectivity index (χ4n) is 5.25. The van der Waals surface area contributed by atoms with Crippen molar-refractivity contribution < 1.29 is 22.8 Å². The Balaban J connectivity index is 1.15. The number of benzene rings is 3. The molecule has 2 heterocycles. The van der Waals surface area contributed by atoms with Crippen LogP contribution in [0.2, 0.25) is 0 Å². The second-order valence-electron chi connectivity index (χ2n) is 10.4. The third kappa shape index (κ3) is 7.59. The molecule has 3 aromatic carbocycles. The fourth-order valence-corrected chi connectivity index (χ4v) is 6.31. The Bertz CT molecular complexity index is 1390. The molecule has 0 saturated carbocycles. The molecule has 3 aromatic rings. The standard InChI is InChI=1S/C32H32F3N3O2S/c33-32(34,35)26-12-10-24(11-13-26)21-29-31(40)38(27-8-4-5-9-28(27)41-29)22-30(39)36-16-19-37-17-14-25(15-18-37)20-23-6-2-1-3-7-23/h1-13,21,25H,14-20,22H2,(H,36,39)/b29-21-. The van der Waals surface area contributed by atoms with Crippen LogP contribution in [-0.4, -0.2) is 49.4 Å². The van der Waals surface area contributed by atoms with Gasteiger partial charge in [0.1, 0.15) is 6.54 Å². The predicted octanol–water partition coefficient (Wildman–Crippen LogP) is 6.26. The minimum atomic E-state index is -4.43. The van der Waals surface area contributed by atoms with E-state index in [2.05, 4.69) is 34.5 Å². The third-order valence-electron chi connectivity index (χ3n) is 7.49. The first-order valence-corrected chi connectivity index (χ1v) is 14.6. The highest BCUT2D eigenvalue weighted by atomic mass is 32.2. The van der Waals surface area contributed by atoms with Crippen LogP contribution in [0.1, 0.15) is 29.5 Å². The number of carbonyl (C=O) groups excluding carboxylic acids is 2. The normalized spacial score (nSPS) is 17.5. The molecule has 0 bridgehead atoms. The molecule has 1 fully saturated rings. The van der Waals surface area contributed by atoms with Gasteiger partial charge in [-0.2, -0.15) is 13.2 Å². The van der Waals surface area contributed by atoms with Gasteiger partial charge in [0.15, 0.2) is 0 Å². The predicted molar refractivity (Wildman–Crippen MR) is 156 cm³/mol. The highest BCUT2D eigenvalue weighted by molar-refractivity contribution is 8.04. The van der Waals surface area contributed by atoms with E-state index in [-0.39, 0.29) is 18.4 Å². The van der Waals surface area contributed by atoms with Crippen LogP contribution < -0.4 is 10.2 Å². The lowest BCUT2D eigenvalue weighted by molar-refractivity contribution is -0.137. The molecule has 214 valence electrons. The number of para-hydroxylation sites is 1. The number of fused-ring (bicyclic) bond motifs is 1. The number of hydrogen-bond acceptors (Lipinski definition) is 4. The smallest absolute Gasteiger partial charge is 0.353 e. The second-order valence-corrected chi connectivity index (χ2v) is 11.5. The van der Waals surface area contributed by atoms with E-state index in [1.807, 2.05) is 24.3 Å². The molecule has 1 saturated heterocycles. The first-order chi connectivity index (χ1) is 19.8. The van der Waals surface area contributed by atoms with Gasteiger partial charge >= 0.3 is 6.18 Å². The van der Waals surface area contributed by atoms with Gasteiger partial charge < -0.3 is 10.2 Å². The maximum absolute atomic E-state index is 13.4. The quantitative estimate of drug-likeness (QED) is 0.321. The van der Waals surface area contributed by atoms with Crippen LogP contribution in [0.15, 0.2) is 88.7 Å². The summed E-state index contributed by atoms with van der Waals surface area (Å²) in [4.78, 5) is 31.3. The van der Waals surface area contributed by atoms with E-state index >= 15 is 0 Å². The number of nitrogens with one attached hydrogen (secondary N) is 1. The zero-order chi connectivity index (χ0) is 28.8. The average molecular weight is 580 g/mol. The monoisotopic (exact) mass is 579 g/mol. The number of piperidine rings is 1. The number of rotatable bonds is 8. The number of nitrogens with zero attached hydrogens (tertiary/aromatic N) is 2. The highest BCUT2D eigenvalue weighted by Gasteiger charge is 2.32. The summed E-state index contributed by atoms with van der Waals surface area (Å²) in [6.45, 7) is 3.11. The molecule has 0 atom stereocenters. The van der Waals surface area contributed by atoms with Gasteiger partial charge in [-0.15, -0.1) is 0 Å². The minimum absolute atomic E-state index is 0.139. The number of alkyl halides is 3. The molecular weight excluding hydrogens is 547 g/mol. The molecule has 0 unspecified atom stereocenters. The SMILES string of the molecule is O=C(CN1C(=O)/C(=C/c2ccc(C(F)(F)F)cc2)Sc2ccccc21)NCCN1CCC(Cc2ccccc2)CC1. The molecule has 5 nitrogen and oxygen atoms in total. The third-order valence-corrected chi connectivity index (χ3v) is 8.57. The summed E-state index contributed by atoms with van der Waals surface area (Å²) in [5.74, 6) is 0.0632. The molecule has 0 aromatic heterocycles. The van der Waals surface area contributed by atoms with Gasteiger partial charge in [0, 0.05) is 18.0 Å². The topological polar surface area (TPSA) is 52.7 Å². The van der Waals surface area contributed by atoms with Crippen LogP contribution in [0, 0.1) is 5.92 Å². The van der Waals surface area contributed by atoms with Gasteiger partial charge in [0.05, 0.1) is 16.2 Å². The molecule has 1 N–H and O–H groups in total. The molecule has 0 spiro atoms. The van der Waals surface area contributed by atoms with Crippen molar-refractivity contribution in [2.45, 2.75) is 30.3 Å². The Morgan fingerprint density at radius 1 is 0.951 bits per heavy atom. The fraction of sp³-hybridized carbons (Fsp3) is 0.312. The summed E-state index contributed by atoms with van der Waals surface area (Å²) in [6.07, 6.45) is 0.504. The van der Waals surface area contributed by atoms with Crippen molar-refractivity contribution in [2.24, 2.45) is 5.92 Å². The first kappa shape index (κ1) is 29.0. The van der Waals surface area contributed by atoms with Crippen LogP contribution in [0.3, 0.4) is 0 Å². The van der Waals surface area contributed by atoms with Crippen LogP contribution in [0.5, 0.6) is 0 Å². The van der Waals surface area contributed by atoms with Crippen molar-refractivity contribution in [3.05, 3.63) is 100 Å². The van der Waals surface area contributed by atoms with Crippen molar-refractivity contribution in [3.63, 3.8) is 0 Å². The number of hydrogen-bond donors (Lipinski definition) is 1. The lowest BCUT2D eigenvalue weighted by Gasteiger charge is -2.32. The molecule has 2 amide bonds. The van der Waals surface area contributed by atoms with E-state index in [0.717, 1.165) is 55.9 Å². The van der Waals surface area contributed by atoms with Crippen molar-refractivity contribution in [2.75, 3.05) is 37.6 Å². The molecular formula is C32H32F3N3O2S. The van der Waals surface area contributed by atoms with Crippen molar-refractivity contribution in [1.29, 1.82) is 0 Å². The number of thioether (sulfide) groups is 1. The van der Waals surface area contributed by atoms with Crippen LogP contribution in [0.4, 0.5) is 18.9 Å². The Morgan fingerprint density at radius 2 is 1.63 bits per heavy atom. The number of anilines is 1. The maximum Gasteiger partial charge on any atom is 0.416 e. The Kier molecular flexibility index (Phi) is 9.15. The maximum atomic E-state index is 13.4. The summed E-state index contributed by atoms with van der Waals surface area (Å²) in [5, 5.41) is 2.96. The van der Waals surface area contributed by atoms with E-state index in [1.54, 1.807) is 12.1 Å². The summed E-state index contributed by atoms with van der Waals surface area (Å²) < 4.78 is 38.8. The van der Waals surface area contributed by atoms with Crippen LogP contribution in [-0.2, 0) is 22.2 Å². The minimum Gasteiger partial charge on any atom is -0.353 e. The Hall–Kier alpha value is -3.56. The van der Waals surface area contributed by atoms with E-state index in [4.69, 9.17) is 0 Å². The van der Waals surface area contributed by atoms with Gasteiger partial charge in [-0.3, -0.25) is 14.5 Å². The van der Waals surface area contributed by atoms with Crippen LogP contribution in [0.25, 0.3) is 6.08 Å². The zero-order valence-electron chi connectivity index (χ0n) is 22.6. The molecule has 5 rings (SSSR count). The Morgan fingerprint density at radius 3 is 2.34 bits per heavy atom. The van der Waals surface area contributed by atoms with E-state index < -0.39 is 11.7 Å². The number of amides is 2. The zero-order valence-corrected chi connectivity index (χ0v) is 23.4. The number of likely N-dealkylation sites (tertiary alicyclic amines) is 1. The van der Waals surface area contributed by atoms with Gasteiger partial charge in [-0.25, -0.2) is 0 Å². The summed E-state index contributed by atoms with van der Waals surface area (Å²) >= 11 is 1.25. The lowest BCUT2D eigenvalue weighted by atomic mass is 9.90. The number of halogens is 3. The van der Waals surface area contributed by atoms with Crippen LogP contribution >= 0.6 is 11.8 Å². The van der Waals surface area contributed by atoms with Gasteiger partial charge in [0.25, 0.3) is 5.91 Å². The number of carbonyl (C=O) groups is 2. The molecule has 0 radical (unpaired) electrons. The van der Waals surface area contributed by atoms with E-state index in [1.165, 1.54) is 34.4 Å². The molecule has 2 aliphatic rings.